The van der Waals surface area contributed by atoms with Crippen LogP contribution in [0.2, 0.25) is 0 Å². The van der Waals surface area contributed by atoms with Crippen molar-refractivity contribution < 1.29 is 30.4 Å². The smallest absolute Gasteiger partial charge is 0.111 e. The lowest BCUT2D eigenvalue weighted by molar-refractivity contribution is -0.137. The Morgan fingerprint density at radius 2 is 1.29 bits per heavy atom. The van der Waals surface area contributed by atoms with E-state index in [1.54, 1.807) is 0 Å². The zero-order valence-corrected chi connectivity index (χ0v) is 15.5. The van der Waals surface area contributed by atoms with Gasteiger partial charge in [-0.25, -0.2) is 5.48 Å². The summed E-state index contributed by atoms with van der Waals surface area (Å²) < 4.78 is 0. The normalized spacial score (nSPS) is 16.0. The highest BCUT2D eigenvalue weighted by Gasteiger charge is 2.30. The maximum absolute atomic E-state index is 9.56. The van der Waals surface area contributed by atoms with E-state index in [0.717, 1.165) is 12.8 Å². The van der Waals surface area contributed by atoms with Crippen molar-refractivity contribution in [2.24, 2.45) is 0 Å². The monoisotopic (exact) mass is 353 g/mol. The second-order valence-corrected chi connectivity index (χ2v) is 5.98. The van der Waals surface area contributed by atoms with Crippen molar-refractivity contribution in [1.82, 2.24) is 5.48 Å². The van der Waals surface area contributed by atoms with Crippen molar-refractivity contribution in [3.63, 3.8) is 0 Å². The van der Waals surface area contributed by atoms with Crippen LogP contribution in [0.5, 0.6) is 0 Å². The first-order valence-corrected chi connectivity index (χ1v) is 9.13. The van der Waals surface area contributed by atoms with Crippen LogP contribution in [-0.4, -0.2) is 69.7 Å². The highest BCUT2D eigenvalue weighted by Crippen LogP contribution is 2.06. The molecule has 0 radical (unpaired) electrons. The zero-order chi connectivity index (χ0) is 18.8. The molecule has 0 heterocycles. The van der Waals surface area contributed by atoms with Crippen LogP contribution in [0.25, 0.3) is 0 Å². The predicted molar refractivity (Wildman–Crippen MR) is 94.4 cm³/mol. The third-order valence-electron chi connectivity index (χ3n) is 3.31. The number of aliphatic hydroxyl groups is 5. The Hall–Kier alpha value is -0.280. The number of unbranched alkanes of at least 4 members (excludes halogenated alkanes) is 5. The van der Waals surface area contributed by atoms with Gasteiger partial charge >= 0.3 is 0 Å². The van der Waals surface area contributed by atoms with Gasteiger partial charge in [-0.3, -0.25) is 4.84 Å². The van der Waals surface area contributed by atoms with E-state index < -0.39 is 31.0 Å². The molecule has 0 aliphatic heterocycles. The van der Waals surface area contributed by atoms with Crippen LogP contribution >= 0.6 is 0 Å². The minimum atomic E-state index is -1.62. The molecule has 24 heavy (non-hydrogen) atoms. The van der Waals surface area contributed by atoms with Crippen LogP contribution in [0, 0.1) is 0 Å². The van der Waals surface area contributed by atoms with Gasteiger partial charge in [0.05, 0.1) is 13.2 Å². The summed E-state index contributed by atoms with van der Waals surface area (Å²) in [6.07, 6.45) is 2.21. The first kappa shape index (κ1) is 26.0. The fraction of sp³-hybridized carbons (Fsp3) is 1.00. The van der Waals surface area contributed by atoms with Crippen molar-refractivity contribution in [2.75, 3.05) is 19.8 Å². The van der Waals surface area contributed by atoms with Crippen molar-refractivity contribution in [1.29, 1.82) is 0 Å². The number of nitrogens with one attached hydrogen (secondary N) is 1. The molecular formula is C17H39NO6. The minimum absolute atomic E-state index is 0.216. The summed E-state index contributed by atoms with van der Waals surface area (Å²) in [5.74, 6) is 0. The van der Waals surface area contributed by atoms with Crippen LogP contribution in [0.15, 0.2) is 0 Å². The molecule has 4 atom stereocenters. The highest BCUT2D eigenvalue weighted by atomic mass is 16.6. The van der Waals surface area contributed by atoms with Crippen molar-refractivity contribution in [2.45, 2.75) is 90.1 Å². The first-order chi connectivity index (χ1) is 11.5. The molecule has 0 aliphatic rings. The van der Waals surface area contributed by atoms with E-state index in [-0.39, 0.29) is 6.61 Å². The van der Waals surface area contributed by atoms with Crippen molar-refractivity contribution >= 4 is 0 Å². The quantitative estimate of drug-likeness (QED) is 0.201. The van der Waals surface area contributed by atoms with Crippen LogP contribution in [0.3, 0.4) is 0 Å². The van der Waals surface area contributed by atoms with E-state index in [9.17, 15) is 15.3 Å². The second-order valence-electron chi connectivity index (χ2n) is 5.98. The van der Waals surface area contributed by atoms with Gasteiger partial charge in [-0.15, -0.1) is 0 Å². The van der Waals surface area contributed by atoms with E-state index in [1.807, 2.05) is 0 Å². The van der Waals surface area contributed by atoms with Gasteiger partial charge in [0.1, 0.15) is 24.4 Å². The largest absolute Gasteiger partial charge is 0.394 e. The van der Waals surface area contributed by atoms with Gasteiger partial charge in [-0.05, 0) is 6.42 Å². The number of hydrogen-bond acceptors (Lipinski definition) is 7. The van der Waals surface area contributed by atoms with E-state index in [1.165, 1.54) is 32.1 Å². The summed E-state index contributed by atoms with van der Waals surface area (Å²) in [6, 6.07) is 0. The fourth-order valence-electron chi connectivity index (χ4n) is 1.86. The third kappa shape index (κ3) is 15.3. The standard InChI is InChI=1S/C14H31NO6.C3H8/c1-2-3-4-5-6-7-8-15-21-10-12(18)14(20)13(19)11(17)9-16;1-3-2/h11-20H,2-10H2,1H3;3H2,1-2H3/t11-,12+,13-,14-;/m1./s1. The molecule has 7 nitrogen and oxygen atoms in total. The third-order valence-corrected chi connectivity index (χ3v) is 3.31. The van der Waals surface area contributed by atoms with Crippen LogP contribution in [-0.2, 0) is 4.84 Å². The van der Waals surface area contributed by atoms with E-state index in [0.29, 0.717) is 6.54 Å². The summed E-state index contributed by atoms with van der Waals surface area (Å²) in [5, 5.41) is 46.3. The Morgan fingerprint density at radius 1 is 0.792 bits per heavy atom. The molecule has 0 aliphatic carbocycles. The number of hydroxylamine groups is 1. The fourth-order valence-corrected chi connectivity index (χ4v) is 1.86. The Kier molecular flexibility index (Phi) is 20.6. The summed E-state index contributed by atoms with van der Waals surface area (Å²) >= 11 is 0. The highest BCUT2D eigenvalue weighted by molar-refractivity contribution is 4.80. The van der Waals surface area contributed by atoms with Crippen molar-refractivity contribution in [3.05, 3.63) is 0 Å². The van der Waals surface area contributed by atoms with Gasteiger partial charge in [0.25, 0.3) is 0 Å². The topological polar surface area (TPSA) is 122 Å². The maximum Gasteiger partial charge on any atom is 0.111 e. The van der Waals surface area contributed by atoms with Gasteiger partial charge in [0, 0.05) is 6.54 Å². The molecule has 0 rings (SSSR count). The van der Waals surface area contributed by atoms with Gasteiger partial charge in [-0.2, -0.15) is 0 Å². The Morgan fingerprint density at radius 3 is 1.83 bits per heavy atom. The van der Waals surface area contributed by atoms with Crippen LogP contribution in [0.4, 0.5) is 0 Å². The molecule has 0 aromatic rings. The zero-order valence-electron chi connectivity index (χ0n) is 15.5. The molecule has 0 saturated heterocycles. The molecule has 7 heteroatoms. The van der Waals surface area contributed by atoms with Gasteiger partial charge in [0.2, 0.25) is 0 Å². The Bertz CT molecular complexity index is 245. The average Bonchev–Trinajstić information content (AvgIpc) is 2.58. The molecule has 0 bridgehead atoms. The average molecular weight is 354 g/mol. The second kappa shape index (κ2) is 19.1. The van der Waals surface area contributed by atoms with E-state index in [4.69, 9.17) is 15.1 Å². The van der Waals surface area contributed by atoms with Crippen molar-refractivity contribution in [3.8, 4) is 0 Å². The molecule has 0 fully saturated rings. The summed E-state index contributed by atoms with van der Waals surface area (Å²) in [5.41, 5.74) is 2.68. The number of rotatable bonds is 14. The molecule has 0 saturated carbocycles. The van der Waals surface area contributed by atoms with E-state index in [2.05, 4.69) is 26.3 Å². The Labute approximate surface area is 146 Å². The minimum Gasteiger partial charge on any atom is -0.394 e. The molecule has 0 spiro atoms. The molecule has 0 amide bonds. The lowest BCUT2D eigenvalue weighted by Gasteiger charge is -2.25. The molecule has 6 N–H and O–H groups in total. The molecule has 0 unspecified atom stereocenters. The lowest BCUT2D eigenvalue weighted by atomic mass is 10.0. The summed E-state index contributed by atoms with van der Waals surface area (Å²) in [6.45, 7) is 6.16. The molecule has 0 aromatic heterocycles. The lowest BCUT2D eigenvalue weighted by Crippen LogP contribution is -2.47. The maximum atomic E-state index is 9.56. The number of hydrogen-bond donors (Lipinski definition) is 6. The predicted octanol–water partition coefficient (Wildman–Crippen LogP) is 0.720. The van der Waals surface area contributed by atoms with Gasteiger partial charge < -0.3 is 25.5 Å². The van der Waals surface area contributed by atoms with Gasteiger partial charge in [-0.1, -0.05) is 59.3 Å². The Balaban J connectivity index is 0. The SMILES string of the molecule is CCC.CCCCCCCCNOC[C@H](O)[C@@H](O)[C@H](O)[C@H](O)CO. The van der Waals surface area contributed by atoms with E-state index >= 15 is 0 Å². The summed E-state index contributed by atoms with van der Waals surface area (Å²) in [7, 11) is 0. The molecule has 0 aromatic carbocycles. The van der Waals surface area contributed by atoms with Crippen LogP contribution in [0.1, 0.15) is 65.7 Å². The summed E-state index contributed by atoms with van der Waals surface area (Å²) in [4.78, 5) is 4.99. The number of aliphatic hydroxyl groups excluding tert-OH is 5. The molecular weight excluding hydrogens is 314 g/mol. The van der Waals surface area contributed by atoms with Crippen LogP contribution < -0.4 is 5.48 Å². The van der Waals surface area contributed by atoms with Gasteiger partial charge in [0.15, 0.2) is 0 Å². The molecule has 148 valence electrons. The first-order valence-electron chi connectivity index (χ1n) is 9.13.